The van der Waals surface area contributed by atoms with E-state index < -0.39 is 90.5 Å². The summed E-state index contributed by atoms with van der Waals surface area (Å²) >= 11 is 0. The topological polar surface area (TPSA) is 91.8 Å². The van der Waals surface area contributed by atoms with Crippen molar-refractivity contribution in [1.29, 1.82) is 0 Å². The molecule has 15 heteroatoms. The van der Waals surface area contributed by atoms with E-state index in [9.17, 15) is 39.2 Å². The van der Waals surface area contributed by atoms with Crippen LogP contribution in [0.4, 0.5) is 26.3 Å². The van der Waals surface area contributed by atoms with Gasteiger partial charge in [-0.3, -0.25) is 4.79 Å². The number of rotatable bonds is 12. The van der Waals surface area contributed by atoms with E-state index in [-0.39, 0.29) is 54.8 Å². The molecule has 7 nitrogen and oxygen atoms in total. The van der Waals surface area contributed by atoms with Crippen LogP contribution in [0.2, 0.25) is 0 Å². The first-order valence-electron chi connectivity index (χ1n) is 17.4. The van der Waals surface area contributed by atoms with E-state index in [0.717, 1.165) is 48.5 Å². The highest BCUT2D eigenvalue weighted by atomic mass is 32.2. The highest BCUT2D eigenvalue weighted by molar-refractivity contribution is 7.93. The maximum atomic E-state index is 16.1. The Bertz CT molecular complexity index is 2000. The Morgan fingerprint density at radius 1 is 0.500 bits per heavy atom. The third kappa shape index (κ3) is 8.14. The fourth-order valence-corrected chi connectivity index (χ4v) is 10.5. The van der Waals surface area contributed by atoms with E-state index in [1.54, 1.807) is 9.80 Å². The SMILES string of the molecule is O=C(C(CN1CCC(F)(S(=O)(=O)c2ccc(F)cc2)CC1)c1ccc(F)cc1)C(CN1CCC(F)(S(=O)(=O)c2ccc(F)cc2)CC1)c1ccc(F)cc1. The Labute approximate surface area is 310 Å². The van der Waals surface area contributed by atoms with E-state index in [1.807, 2.05) is 0 Å². The quantitative estimate of drug-likeness (QED) is 0.111. The molecule has 2 heterocycles. The van der Waals surface area contributed by atoms with E-state index >= 15 is 8.78 Å². The van der Waals surface area contributed by atoms with Crippen LogP contribution in [0, 0.1) is 23.3 Å². The second-order valence-corrected chi connectivity index (χ2v) is 18.3. The van der Waals surface area contributed by atoms with Crippen molar-refractivity contribution in [3.63, 3.8) is 0 Å². The Morgan fingerprint density at radius 2 is 0.759 bits per heavy atom. The van der Waals surface area contributed by atoms with E-state index in [0.29, 0.717) is 11.1 Å². The lowest BCUT2D eigenvalue weighted by Crippen LogP contribution is -2.49. The Kier molecular flexibility index (Phi) is 11.4. The number of ketones is 1. The number of carbonyl (C=O) groups is 1. The maximum absolute atomic E-state index is 16.1. The van der Waals surface area contributed by atoms with Crippen LogP contribution < -0.4 is 0 Å². The number of likely N-dealkylation sites (tertiary alicyclic amines) is 2. The molecule has 2 aliphatic heterocycles. The number of hydrogen-bond acceptors (Lipinski definition) is 7. The van der Waals surface area contributed by atoms with Crippen LogP contribution in [0.15, 0.2) is 107 Å². The van der Waals surface area contributed by atoms with Crippen LogP contribution in [0.1, 0.15) is 48.6 Å². The lowest BCUT2D eigenvalue weighted by molar-refractivity contribution is -0.123. The second-order valence-electron chi connectivity index (χ2n) is 13.9. The van der Waals surface area contributed by atoms with Gasteiger partial charge < -0.3 is 9.80 Å². The summed E-state index contributed by atoms with van der Waals surface area (Å²) in [5.74, 6) is -4.72. The number of carbonyl (C=O) groups excluding carboxylic acids is 1. The predicted molar refractivity (Wildman–Crippen MR) is 189 cm³/mol. The molecule has 288 valence electrons. The van der Waals surface area contributed by atoms with Gasteiger partial charge in [0, 0.05) is 65.0 Å². The largest absolute Gasteiger partial charge is 0.302 e. The molecule has 2 atom stereocenters. The fraction of sp³-hybridized carbons (Fsp3) is 0.359. The lowest BCUT2D eigenvalue weighted by Gasteiger charge is -2.39. The minimum absolute atomic E-state index is 0.00165. The Hall–Kier alpha value is -4.05. The molecule has 0 aliphatic carbocycles. The molecule has 2 fully saturated rings. The molecular formula is C39H38F6N2O5S2. The minimum atomic E-state index is -4.49. The Balaban J connectivity index is 1.23. The number of benzene rings is 4. The lowest BCUT2D eigenvalue weighted by atomic mass is 9.82. The van der Waals surface area contributed by atoms with E-state index in [4.69, 9.17) is 0 Å². The van der Waals surface area contributed by atoms with Gasteiger partial charge in [-0.2, -0.15) is 0 Å². The van der Waals surface area contributed by atoms with Gasteiger partial charge in [0.2, 0.25) is 29.7 Å². The number of hydrogen-bond donors (Lipinski definition) is 0. The number of sulfone groups is 2. The van der Waals surface area contributed by atoms with Gasteiger partial charge in [0.25, 0.3) is 0 Å². The summed E-state index contributed by atoms with van der Waals surface area (Å²) in [6, 6.07) is 18.3. The van der Waals surface area contributed by atoms with Crippen molar-refractivity contribution >= 4 is 25.5 Å². The van der Waals surface area contributed by atoms with Crippen LogP contribution >= 0.6 is 0 Å². The normalized spacial score (nSPS) is 19.2. The second kappa shape index (κ2) is 15.6. The number of alkyl halides is 2. The van der Waals surface area contributed by atoms with E-state index in [2.05, 4.69) is 0 Å². The summed E-state index contributed by atoms with van der Waals surface area (Å²) in [6.07, 6.45) is -1.73. The molecule has 0 N–H and O–H groups in total. The molecule has 54 heavy (non-hydrogen) atoms. The molecule has 2 unspecified atom stereocenters. The monoisotopic (exact) mass is 792 g/mol. The zero-order valence-corrected chi connectivity index (χ0v) is 30.6. The minimum Gasteiger partial charge on any atom is -0.302 e. The van der Waals surface area contributed by atoms with Gasteiger partial charge in [0.05, 0.1) is 21.6 Å². The molecule has 0 bridgehead atoms. The van der Waals surface area contributed by atoms with Crippen molar-refractivity contribution in [1.82, 2.24) is 9.80 Å². The summed E-state index contributed by atoms with van der Waals surface area (Å²) < 4.78 is 140. The molecule has 0 saturated carbocycles. The van der Waals surface area contributed by atoms with Crippen LogP contribution in [0.25, 0.3) is 0 Å². The molecule has 4 aromatic rings. The molecule has 0 radical (unpaired) electrons. The van der Waals surface area contributed by atoms with Crippen molar-refractivity contribution < 1.29 is 48.0 Å². The molecule has 0 amide bonds. The maximum Gasteiger partial charge on any atom is 0.217 e. The highest BCUT2D eigenvalue weighted by Gasteiger charge is 2.49. The zero-order chi connectivity index (χ0) is 38.9. The first-order chi connectivity index (χ1) is 25.5. The van der Waals surface area contributed by atoms with Crippen LogP contribution in [-0.4, -0.2) is 81.7 Å². The molecule has 0 aromatic heterocycles. The van der Waals surface area contributed by atoms with E-state index in [1.165, 1.54) is 48.5 Å². The van der Waals surface area contributed by atoms with Crippen molar-refractivity contribution in [2.24, 2.45) is 0 Å². The van der Waals surface area contributed by atoms with Crippen molar-refractivity contribution in [2.75, 3.05) is 39.3 Å². The van der Waals surface area contributed by atoms with Gasteiger partial charge in [-0.25, -0.2) is 43.2 Å². The van der Waals surface area contributed by atoms with Crippen LogP contribution in [-0.2, 0) is 24.5 Å². The van der Waals surface area contributed by atoms with Crippen LogP contribution in [0.3, 0.4) is 0 Å². The molecule has 2 aliphatic rings. The zero-order valence-electron chi connectivity index (χ0n) is 29.0. The van der Waals surface area contributed by atoms with Crippen molar-refractivity contribution in [3.8, 4) is 0 Å². The van der Waals surface area contributed by atoms with Gasteiger partial charge >= 0.3 is 0 Å². The number of nitrogens with zero attached hydrogens (tertiary/aromatic N) is 2. The summed E-state index contributed by atoms with van der Waals surface area (Å²) in [4.78, 5) is 17.5. The summed E-state index contributed by atoms with van der Waals surface area (Å²) in [7, 11) is -8.98. The Morgan fingerprint density at radius 3 is 1.04 bits per heavy atom. The van der Waals surface area contributed by atoms with Gasteiger partial charge in [0.15, 0.2) is 0 Å². The van der Waals surface area contributed by atoms with Gasteiger partial charge in [-0.15, -0.1) is 0 Å². The number of halogens is 6. The molecule has 4 aromatic carbocycles. The number of piperidine rings is 2. The van der Waals surface area contributed by atoms with Gasteiger partial charge in [-0.1, -0.05) is 24.3 Å². The summed E-state index contributed by atoms with van der Waals surface area (Å²) in [5.41, 5.74) is 0.854. The summed E-state index contributed by atoms with van der Waals surface area (Å²) in [6.45, 7) is -0.240. The third-order valence-electron chi connectivity index (χ3n) is 10.5. The standard InChI is InChI=1S/C39H38F6N2O5S2/c40-29-5-1-27(2-6-29)35(25-46-21-17-38(44,18-22-46)53(49,50)33-13-9-31(42)10-14-33)37(48)36(28-3-7-30(41)8-4-28)26-47-23-19-39(45,20-24-47)54(51,52)34-15-11-32(43)12-16-34/h1-16,35-36H,17-26H2. The first kappa shape index (κ1) is 39.6. The first-order valence-corrected chi connectivity index (χ1v) is 20.4. The smallest absolute Gasteiger partial charge is 0.217 e. The highest BCUT2D eigenvalue weighted by Crippen LogP contribution is 2.40. The average molecular weight is 793 g/mol. The fourth-order valence-electron chi connectivity index (χ4n) is 7.20. The molecular weight excluding hydrogens is 755 g/mol. The number of Topliss-reactive ketones (excluding diaryl/α,β-unsaturated/α-hetero) is 1. The molecule has 2 saturated heterocycles. The van der Waals surface area contributed by atoms with Crippen molar-refractivity contribution in [3.05, 3.63) is 131 Å². The van der Waals surface area contributed by atoms with Crippen LogP contribution in [0.5, 0.6) is 0 Å². The summed E-state index contributed by atoms with van der Waals surface area (Å²) in [5, 5.41) is -5.28. The van der Waals surface area contributed by atoms with Gasteiger partial charge in [0.1, 0.15) is 29.1 Å². The molecule has 6 rings (SSSR count). The average Bonchev–Trinajstić information content (AvgIpc) is 3.15. The van der Waals surface area contributed by atoms with Gasteiger partial charge in [-0.05, 0) is 83.9 Å². The van der Waals surface area contributed by atoms with Crippen molar-refractivity contribution in [2.45, 2.75) is 57.3 Å². The molecule has 0 spiro atoms. The third-order valence-corrected chi connectivity index (χ3v) is 15.1. The predicted octanol–water partition coefficient (Wildman–Crippen LogP) is 7.15.